The standard InChI is InChI=1S/C86H108FN29O18/c1-52-57(60-44-98-86(116(51-88)74(60)89)97-43-59-58-20-29-134-65(58)15-14-61(59)87)13-11-53(99-52)12-16-69(117)90-26-30-129-32-34-131-36-38-133-39-37-132-35-33-130-31-27-91-70(118)17-22-95-83(126)77-107-68(50-114(77)7)108-81(124)64-40-54(45-112(64)5)100-72(120)18-24-96-82(125)76-105-66(48-113(76)6)103-71(119)10-9-21-93-79(122)62-42-56(47-110(62)3)102-85(128)78-106-67(49-115(78)8)104-73(121)19-23-94-80(123)63-41-55(46-111(63)4)101-84(127)75-92-25-28-109(75)2/h11,13-15,25,28,40-42,44-51,88-89H,9-10,12,16-24,26-27,29-39,43H2,1-8H3,(H,90,117)(H,91,118)(H,93,122)(H,94,123)(H,95,126)(H,96,125)(H,97,98)(H,100,120)(H,101,127)(H,102,128)(H,103,119)(H,104,121)(H,108,124). The van der Waals surface area contributed by atoms with Gasteiger partial charge in [0.25, 0.3) is 41.4 Å². The molecule has 0 radical (unpaired) electrons. The molecule has 10 aromatic rings. The summed E-state index contributed by atoms with van der Waals surface area (Å²) in [5.41, 5.74) is 5.14. The second kappa shape index (κ2) is 48.5. The summed E-state index contributed by atoms with van der Waals surface area (Å²) in [4.78, 5) is 181. The van der Waals surface area contributed by atoms with Crippen molar-refractivity contribution >= 4 is 118 Å². The van der Waals surface area contributed by atoms with E-state index in [1.807, 2.05) is 6.07 Å². The van der Waals surface area contributed by atoms with Gasteiger partial charge in [0.1, 0.15) is 34.1 Å². The Morgan fingerprint density at radius 1 is 0.448 bits per heavy atom. The summed E-state index contributed by atoms with van der Waals surface area (Å²) in [5, 5.41) is 52.2. The Morgan fingerprint density at radius 3 is 1.43 bits per heavy atom. The first-order valence-corrected chi connectivity index (χ1v) is 42.7. The fourth-order valence-corrected chi connectivity index (χ4v) is 13.8. The summed E-state index contributed by atoms with van der Waals surface area (Å²) in [6, 6.07) is 11.0. The van der Waals surface area contributed by atoms with Gasteiger partial charge >= 0.3 is 0 Å². The zero-order valence-corrected chi connectivity index (χ0v) is 75.2. The molecule has 11 rings (SSSR count). The zero-order chi connectivity index (χ0) is 95.9. The lowest BCUT2D eigenvalue weighted by Gasteiger charge is -2.15. The topological polar surface area (TPSA) is 581 Å². The highest BCUT2D eigenvalue weighted by Gasteiger charge is 2.26. The normalized spacial score (nSPS) is 11.4. The number of amides is 12. The maximum Gasteiger partial charge on any atom is 0.291 e. The van der Waals surface area contributed by atoms with Gasteiger partial charge in [-0.15, -0.1) is 0 Å². The van der Waals surface area contributed by atoms with Crippen LogP contribution in [0.4, 0.5) is 44.9 Å². The number of benzene rings is 1. The third-order valence-electron chi connectivity index (χ3n) is 20.5. The van der Waals surface area contributed by atoms with Gasteiger partial charge in [0.15, 0.2) is 23.3 Å². The van der Waals surface area contributed by atoms with Gasteiger partial charge in [-0.25, -0.2) is 29.3 Å². The average molecular weight is 1850 g/mol. The van der Waals surface area contributed by atoms with Gasteiger partial charge in [-0.05, 0) is 56.2 Å². The summed E-state index contributed by atoms with van der Waals surface area (Å²) in [7, 11) is 11.2. The molecule has 134 heavy (non-hydrogen) atoms. The van der Waals surface area contributed by atoms with Gasteiger partial charge in [0.2, 0.25) is 53.0 Å². The fraction of sp³-hybridized carbons (Fsp3) is 0.395. The Kier molecular flexibility index (Phi) is 35.9. The number of carbonyl (C=O) groups is 12. The molecule has 0 bridgehead atoms. The minimum atomic E-state index is -0.643. The molecule has 1 aliphatic rings. The maximum absolute atomic E-state index is 14.8. The highest BCUT2D eigenvalue weighted by Crippen LogP contribution is 2.31. The predicted octanol–water partition coefficient (Wildman–Crippen LogP) is 2.31. The van der Waals surface area contributed by atoms with Gasteiger partial charge < -0.3 is 130 Å². The van der Waals surface area contributed by atoms with Crippen molar-refractivity contribution in [2.75, 3.05) is 149 Å². The van der Waals surface area contributed by atoms with Crippen LogP contribution in [0, 0.1) is 23.6 Å². The number of hydrogen-bond donors (Lipinski definition) is 15. The number of hydrogen-bond acceptors (Lipinski definition) is 27. The van der Waals surface area contributed by atoms with E-state index in [4.69, 9.17) is 39.2 Å². The maximum atomic E-state index is 14.8. The third kappa shape index (κ3) is 28.3. The Labute approximate surface area is 766 Å². The van der Waals surface area contributed by atoms with Crippen molar-refractivity contribution in [1.82, 2.24) is 98.3 Å². The number of anilines is 7. The largest absolute Gasteiger partial charge is 0.493 e. The van der Waals surface area contributed by atoms with Crippen LogP contribution >= 0.6 is 0 Å². The molecular weight excluding hydrogens is 1750 g/mol. The number of imidazole rings is 4. The summed E-state index contributed by atoms with van der Waals surface area (Å²) in [6.07, 6.45) is 15.5. The van der Waals surface area contributed by atoms with E-state index in [1.54, 1.807) is 85.4 Å². The van der Waals surface area contributed by atoms with Crippen molar-refractivity contribution in [2.45, 2.75) is 64.8 Å². The second-order valence-corrected chi connectivity index (χ2v) is 30.6. The molecule has 0 spiro atoms. The molecule has 0 saturated carbocycles. The molecule has 1 aliphatic heterocycles. The van der Waals surface area contributed by atoms with E-state index in [-0.39, 0.29) is 189 Å². The van der Waals surface area contributed by atoms with E-state index in [0.717, 1.165) is 11.9 Å². The first-order chi connectivity index (χ1) is 64.5. The lowest BCUT2D eigenvalue weighted by Crippen LogP contribution is -2.33. The van der Waals surface area contributed by atoms with Crippen molar-refractivity contribution in [3.63, 3.8) is 0 Å². The molecule has 10 heterocycles. The first-order valence-electron chi connectivity index (χ1n) is 42.7. The summed E-state index contributed by atoms with van der Waals surface area (Å²) < 4.78 is 59.6. The molecule has 47 nitrogen and oxygen atoms in total. The quantitative estimate of drug-likeness (QED) is 0.0148. The molecule has 712 valence electrons. The van der Waals surface area contributed by atoms with Crippen LogP contribution < -0.4 is 79.3 Å². The molecule has 0 atom stereocenters. The Bertz CT molecular complexity index is 5990. The number of ether oxygens (including phenoxy) is 6. The number of fused-ring (bicyclic) bond motifs is 1. The number of carbonyl (C=O) groups excluding carboxylic acids is 12. The molecule has 9 aromatic heterocycles. The Hall–Kier alpha value is -15.4. The number of nitrogens with one attached hydrogen (secondary N) is 15. The van der Waals surface area contributed by atoms with Crippen molar-refractivity contribution in [2.24, 2.45) is 49.3 Å². The van der Waals surface area contributed by atoms with E-state index in [1.165, 1.54) is 99.6 Å². The molecule has 12 amide bonds. The highest BCUT2D eigenvalue weighted by atomic mass is 19.1. The second-order valence-electron chi connectivity index (χ2n) is 30.6. The van der Waals surface area contributed by atoms with Crippen molar-refractivity contribution in [3.05, 3.63) is 172 Å². The van der Waals surface area contributed by atoms with Gasteiger partial charge in [-0.1, -0.05) is 6.07 Å². The Morgan fingerprint density at radius 2 is 0.910 bits per heavy atom. The van der Waals surface area contributed by atoms with E-state index in [9.17, 15) is 61.9 Å². The van der Waals surface area contributed by atoms with Crippen LogP contribution in [-0.2, 0) is 116 Å². The molecule has 0 saturated heterocycles. The van der Waals surface area contributed by atoms with Gasteiger partial charge in [-0.2, -0.15) is 0 Å². The van der Waals surface area contributed by atoms with E-state index in [0.29, 0.717) is 118 Å². The average Bonchev–Trinajstić information content (AvgIpc) is 1.21. The zero-order valence-electron chi connectivity index (χ0n) is 75.2. The van der Waals surface area contributed by atoms with Gasteiger partial charge in [0, 0.05) is 223 Å². The lowest BCUT2D eigenvalue weighted by molar-refractivity contribution is -0.122. The number of halogens is 1. The van der Waals surface area contributed by atoms with Crippen molar-refractivity contribution in [3.8, 4) is 16.9 Å². The number of aryl methyl sites for hydroxylation is 9. The molecule has 15 N–H and O–H groups in total. The SMILES string of the molecule is Cc1nc(CCC(=O)NCCOCCOCCOCCOCCOCCNC(=O)CCNC(=O)c2nc(NC(=O)c3cc(NC(=O)CCNC(=O)c4nc(NC(=O)CCCNC(=O)c5cc(NC(=O)c6nc(NC(=O)CCNC(=O)c7cc(NC(=O)c8nccn8C)cn7C)cn6C)cn5C)cn4C)cn3C)cn2C)ccc1-c1cnc(NCc2c(F)ccc3c2CCO3)n(C=N)c1=N. The smallest absolute Gasteiger partial charge is 0.291 e. The lowest BCUT2D eigenvalue weighted by atomic mass is 10.0. The van der Waals surface area contributed by atoms with Crippen LogP contribution in [-0.4, -0.2) is 256 Å². The Balaban J connectivity index is 0.466. The number of rotatable bonds is 52. The number of nitrogens with zero attached hydrogens (tertiary/aromatic N) is 14. The van der Waals surface area contributed by atoms with Crippen LogP contribution in [0.25, 0.3) is 11.1 Å². The van der Waals surface area contributed by atoms with Crippen LogP contribution in [0.5, 0.6) is 5.75 Å². The molecule has 0 aliphatic carbocycles. The first kappa shape index (κ1) is 99.1. The van der Waals surface area contributed by atoms with E-state index in [2.05, 4.69) is 99.0 Å². The van der Waals surface area contributed by atoms with E-state index >= 15 is 0 Å². The third-order valence-corrected chi connectivity index (χ3v) is 20.5. The monoisotopic (exact) mass is 1850 g/mol. The summed E-state index contributed by atoms with van der Waals surface area (Å²) in [5.74, 6) is -5.10. The van der Waals surface area contributed by atoms with Crippen LogP contribution in [0.2, 0.25) is 0 Å². The minimum Gasteiger partial charge on any atom is -0.493 e. The van der Waals surface area contributed by atoms with Crippen molar-refractivity contribution < 1.29 is 90.3 Å². The minimum absolute atomic E-state index is 0.00282. The molecule has 1 aromatic carbocycles. The number of pyridine rings is 1. The highest BCUT2D eigenvalue weighted by molar-refractivity contribution is 6.06. The van der Waals surface area contributed by atoms with Gasteiger partial charge in [0.05, 0.1) is 96.1 Å². The van der Waals surface area contributed by atoms with Crippen LogP contribution in [0.3, 0.4) is 0 Å². The van der Waals surface area contributed by atoms with Crippen molar-refractivity contribution in [1.29, 1.82) is 10.8 Å². The molecule has 48 heteroatoms. The molecular formula is C86H108FN29O18. The van der Waals surface area contributed by atoms with Crippen LogP contribution in [0.15, 0.2) is 98.2 Å². The summed E-state index contributed by atoms with van der Waals surface area (Å²) in [6.45, 7) is 6.04. The molecule has 0 fully saturated rings. The predicted molar refractivity (Wildman–Crippen MR) is 483 cm³/mol. The van der Waals surface area contributed by atoms with Gasteiger partial charge in [-0.3, -0.25) is 77.9 Å². The fourth-order valence-electron chi connectivity index (χ4n) is 13.8. The molecule has 0 unspecified atom stereocenters. The van der Waals surface area contributed by atoms with E-state index < -0.39 is 59.1 Å². The summed E-state index contributed by atoms with van der Waals surface area (Å²) >= 11 is 0. The number of aromatic nitrogens is 14. The van der Waals surface area contributed by atoms with Crippen LogP contribution in [0.1, 0.15) is 135 Å².